The molecular formula is C29H43Cl2N3O7S3. The van der Waals surface area contributed by atoms with Crippen LogP contribution in [0.15, 0.2) is 53.6 Å². The molecule has 0 amide bonds. The van der Waals surface area contributed by atoms with Crippen LogP contribution in [0.1, 0.15) is 77.3 Å². The van der Waals surface area contributed by atoms with E-state index in [-0.39, 0.29) is 64.9 Å². The van der Waals surface area contributed by atoms with Crippen molar-refractivity contribution in [1.82, 2.24) is 0 Å². The second-order valence-corrected chi connectivity index (χ2v) is 14.0. The van der Waals surface area contributed by atoms with Gasteiger partial charge in [-0.2, -0.15) is 35.4 Å². The maximum atomic E-state index is 12.0. The monoisotopic (exact) mass is 711 g/mol. The van der Waals surface area contributed by atoms with E-state index in [1.807, 2.05) is 26.8 Å². The lowest BCUT2D eigenvalue weighted by Gasteiger charge is -2.22. The standard InChI is InChI=1S/C15H21ClO5S.C14H18ClN3O2.2H2S/c1-15(2,3)21-14(17)9-12(10-20-22(4,18)19)11-6-5-7-13(16)8-11;1-14(2,3)20-13(19)8-11(9-17-18-16)10-5-4-6-12(15)7-10;;/h5-8,12H,9-10H2,1-4H3;4-7,11H,8-9H2,1-3H3;2*1H2/t12-;11-;;/m11../s1. The van der Waals surface area contributed by atoms with Gasteiger partial charge in [0.15, 0.2) is 0 Å². The molecule has 0 unspecified atom stereocenters. The summed E-state index contributed by atoms with van der Waals surface area (Å²) >= 11 is 11.9. The first-order valence-corrected chi connectivity index (χ1v) is 15.6. The molecule has 0 N–H and O–H groups in total. The van der Waals surface area contributed by atoms with Crippen LogP contribution in [0, 0.1) is 0 Å². The number of carbonyl (C=O) groups is 2. The van der Waals surface area contributed by atoms with Crippen LogP contribution in [-0.2, 0) is 33.4 Å². The van der Waals surface area contributed by atoms with Crippen molar-refractivity contribution in [1.29, 1.82) is 0 Å². The molecule has 0 spiro atoms. The normalized spacial score (nSPS) is 12.5. The number of halogens is 2. The predicted octanol–water partition coefficient (Wildman–Crippen LogP) is 7.82. The minimum absolute atomic E-state index is 0. The zero-order chi connectivity index (χ0) is 32.1. The number of nitrogens with zero attached hydrogens (tertiary/aromatic N) is 3. The first-order chi connectivity index (χ1) is 19.3. The van der Waals surface area contributed by atoms with E-state index in [4.69, 9.17) is 42.4 Å². The van der Waals surface area contributed by atoms with Gasteiger partial charge < -0.3 is 9.47 Å². The van der Waals surface area contributed by atoms with Crippen molar-refractivity contribution in [3.63, 3.8) is 0 Å². The topological polar surface area (TPSA) is 145 Å². The summed E-state index contributed by atoms with van der Waals surface area (Å²) in [6, 6.07) is 14.1. The number of esters is 2. The van der Waals surface area contributed by atoms with Gasteiger partial charge in [0.25, 0.3) is 10.1 Å². The smallest absolute Gasteiger partial charge is 0.307 e. The first-order valence-electron chi connectivity index (χ1n) is 13.1. The van der Waals surface area contributed by atoms with Crippen LogP contribution in [0.25, 0.3) is 10.4 Å². The maximum absolute atomic E-state index is 12.0. The second kappa shape index (κ2) is 20.1. The molecule has 2 rings (SSSR count). The highest BCUT2D eigenvalue weighted by Gasteiger charge is 2.24. The number of rotatable bonds is 11. The van der Waals surface area contributed by atoms with Gasteiger partial charge in [-0.25, -0.2) is 0 Å². The molecule has 44 heavy (non-hydrogen) atoms. The van der Waals surface area contributed by atoms with Gasteiger partial charge in [0.05, 0.1) is 25.7 Å². The van der Waals surface area contributed by atoms with Gasteiger partial charge in [-0.15, -0.1) is 0 Å². The van der Waals surface area contributed by atoms with Crippen LogP contribution in [0.5, 0.6) is 0 Å². The fourth-order valence-electron chi connectivity index (χ4n) is 3.59. The number of azide groups is 1. The van der Waals surface area contributed by atoms with Gasteiger partial charge in [-0.3, -0.25) is 13.8 Å². The molecule has 0 saturated carbocycles. The van der Waals surface area contributed by atoms with E-state index in [0.717, 1.165) is 17.4 Å². The van der Waals surface area contributed by atoms with E-state index in [2.05, 4.69) is 10.0 Å². The average molecular weight is 713 g/mol. The van der Waals surface area contributed by atoms with Crippen LogP contribution in [0.2, 0.25) is 10.0 Å². The molecule has 2 aromatic rings. The fourth-order valence-corrected chi connectivity index (χ4v) is 4.40. The van der Waals surface area contributed by atoms with Crippen LogP contribution in [0.3, 0.4) is 0 Å². The third-order valence-electron chi connectivity index (χ3n) is 5.15. The molecule has 0 saturated heterocycles. The van der Waals surface area contributed by atoms with E-state index >= 15 is 0 Å². The van der Waals surface area contributed by atoms with E-state index < -0.39 is 33.2 Å². The summed E-state index contributed by atoms with van der Waals surface area (Å²) in [6.45, 7) is 10.8. The van der Waals surface area contributed by atoms with E-state index in [1.165, 1.54) is 0 Å². The quantitative estimate of drug-likeness (QED) is 0.0759. The van der Waals surface area contributed by atoms with Crippen LogP contribution < -0.4 is 0 Å². The molecule has 0 aliphatic carbocycles. The van der Waals surface area contributed by atoms with Gasteiger partial charge in [-0.1, -0.05) is 52.6 Å². The van der Waals surface area contributed by atoms with Gasteiger partial charge in [0.1, 0.15) is 11.2 Å². The van der Waals surface area contributed by atoms with Crippen molar-refractivity contribution in [2.75, 3.05) is 19.4 Å². The van der Waals surface area contributed by atoms with Crippen LogP contribution >= 0.6 is 50.2 Å². The highest BCUT2D eigenvalue weighted by molar-refractivity contribution is 7.85. The van der Waals surface area contributed by atoms with Crippen molar-refractivity contribution >= 4 is 72.3 Å². The summed E-state index contributed by atoms with van der Waals surface area (Å²) in [5.41, 5.74) is 8.90. The molecule has 0 aliphatic heterocycles. The Labute approximate surface area is 284 Å². The summed E-state index contributed by atoms with van der Waals surface area (Å²) < 4.78 is 37.8. The Morgan fingerprint density at radius 1 is 0.841 bits per heavy atom. The van der Waals surface area contributed by atoms with E-state index in [1.54, 1.807) is 63.2 Å². The third kappa shape index (κ3) is 20.8. The summed E-state index contributed by atoms with van der Waals surface area (Å²) in [4.78, 5) is 26.6. The molecule has 10 nitrogen and oxygen atoms in total. The Kier molecular flexibility index (Phi) is 20.1. The fraction of sp³-hybridized carbons (Fsp3) is 0.517. The minimum atomic E-state index is -3.59. The molecule has 0 aliphatic rings. The summed E-state index contributed by atoms with van der Waals surface area (Å²) in [6.07, 6.45) is 1.12. The largest absolute Gasteiger partial charge is 0.460 e. The van der Waals surface area contributed by atoms with Gasteiger partial charge >= 0.3 is 11.9 Å². The van der Waals surface area contributed by atoms with Crippen LogP contribution in [-0.4, -0.2) is 51.0 Å². The molecular weight excluding hydrogens is 669 g/mol. The Morgan fingerprint density at radius 3 is 1.61 bits per heavy atom. The number of ether oxygens (including phenoxy) is 2. The Balaban J connectivity index is 0. The number of hydrogen-bond acceptors (Lipinski definition) is 8. The minimum Gasteiger partial charge on any atom is -0.460 e. The summed E-state index contributed by atoms with van der Waals surface area (Å²) in [5.74, 6) is -1.44. The maximum Gasteiger partial charge on any atom is 0.307 e. The Bertz CT molecular complexity index is 1360. The number of benzene rings is 2. The molecule has 0 aromatic heterocycles. The average Bonchev–Trinajstić information content (AvgIpc) is 2.82. The van der Waals surface area contributed by atoms with Gasteiger partial charge in [0, 0.05) is 27.4 Å². The van der Waals surface area contributed by atoms with E-state index in [0.29, 0.717) is 10.0 Å². The Hall–Kier alpha value is -2.12. The molecule has 15 heteroatoms. The second-order valence-electron chi connectivity index (χ2n) is 11.5. The zero-order valence-electron chi connectivity index (χ0n) is 26.0. The molecule has 0 heterocycles. The zero-order valence-corrected chi connectivity index (χ0v) is 30.3. The lowest BCUT2D eigenvalue weighted by Crippen LogP contribution is -2.26. The molecule has 2 atom stereocenters. The van der Waals surface area contributed by atoms with E-state index in [9.17, 15) is 18.0 Å². The number of carbonyl (C=O) groups excluding carboxylic acids is 2. The SMILES string of the molecule is CC(C)(C)OC(=O)C[C@H](CN=[N+]=[N-])c1cccc(Cl)c1.CC(C)(C)OC(=O)C[C@H](COS(C)(=O)=O)c1cccc(Cl)c1.S.S. The summed E-state index contributed by atoms with van der Waals surface area (Å²) in [7, 11) is -3.59. The molecule has 0 bridgehead atoms. The van der Waals surface area contributed by atoms with Crippen molar-refractivity contribution in [3.8, 4) is 0 Å². The first kappa shape index (κ1) is 44.0. The van der Waals surface area contributed by atoms with Crippen molar-refractivity contribution in [2.24, 2.45) is 5.11 Å². The third-order valence-corrected chi connectivity index (χ3v) is 6.19. The lowest BCUT2D eigenvalue weighted by molar-refractivity contribution is -0.156. The van der Waals surface area contributed by atoms with Crippen molar-refractivity contribution in [2.45, 2.75) is 77.4 Å². The molecule has 2 aromatic carbocycles. The van der Waals surface area contributed by atoms with Crippen molar-refractivity contribution in [3.05, 3.63) is 80.1 Å². The molecule has 0 radical (unpaired) electrons. The number of hydrogen-bond donors (Lipinski definition) is 0. The lowest BCUT2D eigenvalue weighted by atomic mass is 9.96. The predicted molar refractivity (Wildman–Crippen MR) is 185 cm³/mol. The van der Waals surface area contributed by atoms with Crippen LogP contribution in [0.4, 0.5) is 0 Å². The Morgan fingerprint density at radius 2 is 1.25 bits per heavy atom. The summed E-state index contributed by atoms with van der Waals surface area (Å²) in [5, 5.41) is 4.64. The molecule has 248 valence electrons. The highest BCUT2D eigenvalue weighted by Crippen LogP contribution is 2.26. The molecule has 0 fully saturated rings. The van der Waals surface area contributed by atoms with Gasteiger partial charge in [-0.05, 0) is 88.4 Å². The van der Waals surface area contributed by atoms with Gasteiger partial charge in [0.2, 0.25) is 0 Å². The highest BCUT2D eigenvalue weighted by atomic mass is 35.5. The van der Waals surface area contributed by atoms with Crippen molar-refractivity contribution < 1.29 is 31.7 Å².